The van der Waals surface area contributed by atoms with Gasteiger partial charge in [-0.15, -0.1) is 5.53 Å². The molecule has 11 heteroatoms. The predicted octanol–water partition coefficient (Wildman–Crippen LogP) is 4.30. The van der Waals surface area contributed by atoms with E-state index in [9.17, 15) is 4.79 Å². The van der Waals surface area contributed by atoms with E-state index in [1.165, 1.54) is 11.3 Å². The molecule has 4 rings (SSSR count). The molecule has 0 saturated heterocycles. The summed E-state index contributed by atoms with van der Waals surface area (Å²) in [4.78, 5) is 22.4. The maximum absolute atomic E-state index is 12.6. The molecule has 3 heterocycles. The molecule has 4 N–H and O–H groups in total. The fourth-order valence-corrected chi connectivity index (χ4v) is 4.14. The summed E-state index contributed by atoms with van der Waals surface area (Å²) in [5.74, 6) is 0. The molecule has 0 saturated carbocycles. The second kappa shape index (κ2) is 8.44. The van der Waals surface area contributed by atoms with Gasteiger partial charge in [0.05, 0.1) is 33.7 Å². The number of ether oxygens (including phenoxy) is 1. The first-order chi connectivity index (χ1) is 14.5. The first-order valence-corrected chi connectivity index (χ1v) is 10.3. The largest absolute Gasteiger partial charge is 0.377 e. The third kappa shape index (κ3) is 4.03. The highest BCUT2D eigenvalue weighted by Gasteiger charge is 2.20. The van der Waals surface area contributed by atoms with Crippen molar-refractivity contribution in [2.75, 3.05) is 22.8 Å². The number of benzene rings is 1. The van der Waals surface area contributed by atoms with Crippen molar-refractivity contribution < 1.29 is 9.53 Å². The second-order valence-corrected chi connectivity index (χ2v) is 8.13. The molecule has 1 aromatic carbocycles. The van der Waals surface area contributed by atoms with Crippen molar-refractivity contribution in [1.82, 2.24) is 20.9 Å². The summed E-state index contributed by atoms with van der Waals surface area (Å²) in [6.45, 7) is 3.82. The topological polar surface area (TPSA) is 103 Å². The van der Waals surface area contributed by atoms with Gasteiger partial charge in [-0.25, -0.2) is 14.8 Å². The van der Waals surface area contributed by atoms with E-state index in [-0.39, 0.29) is 6.10 Å². The highest BCUT2D eigenvalue weighted by molar-refractivity contribution is 7.18. The Hall–Kier alpha value is -2.92. The minimum Gasteiger partial charge on any atom is -0.377 e. The Bertz CT molecular complexity index is 1130. The number of hydrogen-bond acceptors (Lipinski definition) is 8. The number of aromatic nitrogens is 2. The molecule has 0 aliphatic carbocycles. The van der Waals surface area contributed by atoms with Crippen LogP contribution in [-0.2, 0) is 4.74 Å². The fourth-order valence-electron chi connectivity index (χ4n) is 3.09. The van der Waals surface area contributed by atoms with Crippen LogP contribution in [0.2, 0.25) is 5.02 Å². The Kier molecular flexibility index (Phi) is 5.73. The Morgan fingerprint density at radius 1 is 1.37 bits per heavy atom. The summed E-state index contributed by atoms with van der Waals surface area (Å²) in [5.41, 5.74) is 9.11. The zero-order valence-corrected chi connectivity index (χ0v) is 18.1. The van der Waals surface area contributed by atoms with Crippen molar-refractivity contribution >= 4 is 56.4 Å². The van der Waals surface area contributed by atoms with E-state index in [0.29, 0.717) is 16.4 Å². The van der Waals surface area contributed by atoms with Crippen LogP contribution in [0.5, 0.6) is 0 Å². The molecule has 1 atom stereocenters. The Balaban J connectivity index is 1.55. The van der Waals surface area contributed by atoms with Crippen molar-refractivity contribution in [3.63, 3.8) is 0 Å². The Morgan fingerprint density at radius 3 is 2.90 bits per heavy atom. The van der Waals surface area contributed by atoms with Gasteiger partial charge in [0.15, 0.2) is 0 Å². The third-order valence-corrected chi connectivity index (χ3v) is 5.72. The smallest absolute Gasteiger partial charge is 0.323 e. The normalized spacial score (nSPS) is 14.1. The molecular weight excluding hydrogens is 426 g/mol. The van der Waals surface area contributed by atoms with Gasteiger partial charge < -0.3 is 20.8 Å². The molecule has 2 aromatic heterocycles. The third-order valence-electron chi connectivity index (χ3n) is 4.54. The first kappa shape index (κ1) is 20.4. The average Bonchev–Trinajstić information content (AvgIpc) is 3.36. The lowest BCUT2D eigenvalue weighted by atomic mass is 10.1. The average molecular weight is 446 g/mol. The van der Waals surface area contributed by atoms with Crippen LogP contribution in [0.3, 0.4) is 0 Å². The van der Waals surface area contributed by atoms with Gasteiger partial charge in [0.2, 0.25) is 0 Å². The molecule has 0 spiro atoms. The van der Waals surface area contributed by atoms with Crippen molar-refractivity contribution in [2.45, 2.75) is 20.0 Å². The van der Waals surface area contributed by atoms with E-state index in [4.69, 9.17) is 16.3 Å². The molecule has 9 nitrogen and oxygen atoms in total. The quantitative estimate of drug-likeness (QED) is 0.464. The van der Waals surface area contributed by atoms with Crippen LogP contribution >= 0.6 is 22.9 Å². The maximum atomic E-state index is 12.6. The maximum Gasteiger partial charge on any atom is 0.323 e. The standard InChI is InChI=1S/C19H20ClN7O2S/c1-10(29-3)16-14(9-21-18-17(16)23-11(2)30-18)25-19(28)24-12-4-5-15(13(20)8-12)27-7-6-22-26-27/h4-10,22,26H,1-3H3,(H2,24,25,28)/t10-/m1/s1. The molecule has 0 bridgehead atoms. The number of pyridine rings is 1. The minimum atomic E-state index is -0.419. The minimum absolute atomic E-state index is 0.268. The highest BCUT2D eigenvalue weighted by Crippen LogP contribution is 2.34. The van der Waals surface area contributed by atoms with Gasteiger partial charge in [-0.1, -0.05) is 22.9 Å². The number of halogens is 1. The van der Waals surface area contributed by atoms with E-state index in [0.717, 1.165) is 26.6 Å². The van der Waals surface area contributed by atoms with E-state index >= 15 is 0 Å². The van der Waals surface area contributed by atoms with E-state index in [1.807, 2.05) is 13.8 Å². The number of amides is 2. The van der Waals surface area contributed by atoms with Crippen LogP contribution in [0.1, 0.15) is 23.6 Å². The molecule has 0 fully saturated rings. The summed E-state index contributed by atoms with van der Waals surface area (Å²) < 4.78 is 5.50. The first-order valence-electron chi connectivity index (χ1n) is 9.09. The van der Waals surface area contributed by atoms with Gasteiger partial charge in [-0.2, -0.15) is 0 Å². The molecule has 1 aliphatic heterocycles. The number of nitrogens with zero attached hydrogens (tertiary/aromatic N) is 3. The number of methoxy groups -OCH3 is 1. The van der Waals surface area contributed by atoms with E-state index in [2.05, 4.69) is 31.6 Å². The summed E-state index contributed by atoms with van der Waals surface area (Å²) in [6.07, 6.45) is 4.89. The molecule has 0 radical (unpaired) electrons. The summed E-state index contributed by atoms with van der Waals surface area (Å²) in [6, 6.07) is 4.82. The Morgan fingerprint density at radius 2 is 2.20 bits per heavy atom. The molecule has 30 heavy (non-hydrogen) atoms. The zero-order chi connectivity index (χ0) is 21.3. The van der Waals surface area contributed by atoms with Crippen LogP contribution in [0, 0.1) is 6.92 Å². The highest BCUT2D eigenvalue weighted by atomic mass is 35.5. The zero-order valence-electron chi connectivity index (χ0n) is 16.5. The van der Waals surface area contributed by atoms with Crippen LogP contribution in [-0.4, -0.2) is 23.1 Å². The lowest BCUT2D eigenvalue weighted by Gasteiger charge is -2.18. The van der Waals surface area contributed by atoms with Gasteiger partial charge in [-0.05, 0) is 32.0 Å². The number of anilines is 3. The number of carbonyl (C=O) groups excluding carboxylic acids is 1. The number of aryl methyl sites for hydroxylation is 1. The van der Waals surface area contributed by atoms with Crippen molar-refractivity contribution in [1.29, 1.82) is 0 Å². The van der Waals surface area contributed by atoms with Crippen LogP contribution in [0.4, 0.5) is 21.9 Å². The molecule has 1 aliphatic rings. The molecule has 2 amide bonds. The Labute approximate surface area is 182 Å². The monoisotopic (exact) mass is 445 g/mol. The number of rotatable bonds is 5. The number of hydrazine groups is 2. The predicted molar refractivity (Wildman–Crippen MR) is 120 cm³/mol. The van der Waals surface area contributed by atoms with Crippen molar-refractivity contribution in [3.8, 4) is 0 Å². The number of hydrogen-bond donors (Lipinski definition) is 4. The summed E-state index contributed by atoms with van der Waals surface area (Å²) in [7, 11) is 1.61. The van der Waals surface area contributed by atoms with Crippen molar-refractivity contribution in [3.05, 3.63) is 52.4 Å². The van der Waals surface area contributed by atoms with Crippen LogP contribution < -0.4 is 26.6 Å². The van der Waals surface area contributed by atoms with E-state index in [1.54, 1.807) is 48.9 Å². The molecule has 0 unspecified atom stereocenters. The summed E-state index contributed by atoms with van der Waals surface area (Å²) >= 11 is 7.86. The molecular formula is C19H20ClN7O2S. The van der Waals surface area contributed by atoms with Crippen LogP contribution in [0.25, 0.3) is 10.3 Å². The van der Waals surface area contributed by atoms with Gasteiger partial charge in [0.25, 0.3) is 0 Å². The second-order valence-electron chi connectivity index (χ2n) is 6.54. The lowest BCUT2D eigenvalue weighted by molar-refractivity contribution is 0.121. The number of carbonyl (C=O) groups is 1. The number of thiazole rings is 1. The van der Waals surface area contributed by atoms with E-state index < -0.39 is 6.03 Å². The summed E-state index contributed by atoms with van der Waals surface area (Å²) in [5, 5.41) is 8.74. The lowest BCUT2D eigenvalue weighted by Crippen LogP contribution is -2.35. The SMILES string of the molecule is CO[C@H](C)c1c(NC(=O)Nc2ccc(N3C=CNN3)c(Cl)c2)cnc2sc(C)nc12. The molecule has 156 valence electrons. The van der Waals surface area contributed by atoms with Gasteiger partial charge in [0.1, 0.15) is 10.3 Å². The van der Waals surface area contributed by atoms with Gasteiger partial charge in [0, 0.05) is 30.8 Å². The number of urea groups is 1. The van der Waals surface area contributed by atoms with Gasteiger partial charge in [-0.3, -0.25) is 5.01 Å². The number of nitrogens with one attached hydrogen (secondary N) is 4. The fraction of sp³-hybridized carbons (Fsp3) is 0.211. The van der Waals surface area contributed by atoms with Crippen LogP contribution in [0.15, 0.2) is 36.8 Å². The van der Waals surface area contributed by atoms with Crippen molar-refractivity contribution in [2.24, 2.45) is 0 Å². The number of fused-ring (bicyclic) bond motifs is 1. The molecule has 3 aromatic rings. The van der Waals surface area contributed by atoms with Gasteiger partial charge >= 0.3 is 6.03 Å².